The van der Waals surface area contributed by atoms with Crippen LogP contribution in [-0.2, 0) is 21.3 Å². The maximum atomic E-state index is 12.4. The Morgan fingerprint density at radius 3 is 2.48 bits per heavy atom. The summed E-state index contributed by atoms with van der Waals surface area (Å²) in [6.07, 6.45) is 0. The Labute approximate surface area is 134 Å². The van der Waals surface area contributed by atoms with Gasteiger partial charge in [-0.1, -0.05) is 15.9 Å². The molecule has 0 radical (unpaired) electrons. The van der Waals surface area contributed by atoms with Gasteiger partial charge in [-0.15, -0.1) is 0 Å². The largest absolute Gasteiger partial charge is 0.377 e. The summed E-state index contributed by atoms with van der Waals surface area (Å²) in [4.78, 5) is 10.9. The lowest BCUT2D eigenvalue weighted by Crippen LogP contribution is -2.60. The smallest absolute Gasteiger partial charge is 0.275 e. The number of benzene rings is 1. The molecule has 1 aromatic rings. The van der Waals surface area contributed by atoms with Crippen LogP contribution in [0.1, 0.15) is 26.3 Å². The van der Waals surface area contributed by atoms with E-state index in [4.69, 9.17) is 4.74 Å². The van der Waals surface area contributed by atoms with Crippen LogP contribution >= 0.6 is 15.9 Å². The number of rotatable bonds is 4. The highest BCUT2D eigenvalue weighted by Gasteiger charge is 2.47. The number of nitrogens with one attached hydrogen (secondary N) is 1. The van der Waals surface area contributed by atoms with Crippen molar-refractivity contribution in [3.05, 3.63) is 38.3 Å². The molecule has 8 heteroatoms. The summed E-state index contributed by atoms with van der Waals surface area (Å²) in [5.74, 6) is 0. The maximum absolute atomic E-state index is 12.4. The van der Waals surface area contributed by atoms with Gasteiger partial charge in [0.25, 0.3) is 5.69 Å². The number of nitro groups is 1. The third kappa shape index (κ3) is 3.33. The summed E-state index contributed by atoms with van der Waals surface area (Å²) in [5, 5.41) is 11.3. The molecule has 0 saturated carbocycles. The first-order chi connectivity index (χ1) is 9.66. The molecule has 0 bridgehead atoms. The van der Waals surface area contributed by atoms with Gasteiger partial charge in [-0.05, 0) is 32.9 Å². The van der Waals surface area contributed by atoms with E-state index in [2.05, 4.69) is 20.7 Å². The Kier molecular flexibility index (Phi) is 4.53. The molecule has 1 fully saturated rings. The second-order valence-corrected chi connectivity index (χ2v) is 8.86. The molecule has 0 aromatic heterocycles. The van der Waals surface area contributed by atoms with Crippen molar-refractivity contribution >= 4 is 32.6 Å². The SMILES string of the molecule is CC(C)(C)S(=O)NC1(c2ccc(Br)cc2[N+](=O)[O-])COC1. The third-order valence-electron chi connectivity index (χ3n) is 3.21. The van der Waals surface area contributed by atoms with E-state index in [1.807, 2.05) is 20.8 Å². The van der Waals surface area contributed by atoms with Gasteiger partial charge in [0, 0.05) is 10.5 Å². The average Bonchev–Trinajstić information content (AvgIpc) is 2.32. The standard InChI is InChI=1S/C13H17BrN2O4S/c1-12(2,3)21(19)15-13(7-20-8-13)10-5-4-9(14)6-11(10)16(17)18/h4-6,15H,7-8H2,1-3H3. The first-order valence-electron chi connectivity index (χ1n) is 6.38. The van der Waals surface area contributed by atoms with E-state index in [9.17, 15) is 14.3 Å². The lowest BCUT2D eigenvalue weighted by molar-refractivity contribution is -0.386. The van der Waals surface area contributed by atoms with E-state index in [-0.39, 0.29) is 18.9 Å². The van der Waals surface area contributed by atoms with Crippen LogP contribution < -0.4 is 4.72 Å². The molecule has 0 amide bonds. The average molecular weight is 377 g/mol. The van der Waals surface area contributed by atoms with E-state index in [0.29, 0.717) is 10.0 Å². The van der Waals surface area contributed by atoms with Gasteiger partial charge in [-0.25, -0.2) is 8.93 Å². The molecular weight excluding hydrogens is 360 g/mol. The second-order valence-electron chi connectivity index (χ2n) is 5.98. The van der Waals surface area contributed by atoms with Crippen molar-refractivity contribution < 1.29 is 13.9 Å². The molecule has 2 rings (SSSR count). The normalized spacial score (nSPS) is 18.9. The van der Waals surface area contributed by atoms with Gasteiger partial charge in [-0.3, -0.25) is 10.1 Å². The Hall–Kier alpha value is -0.830. The molecule has 1 atom stereocenters. The predicted octanol–water partition coefficient (Wildman–Crippen LogP) is 2.63. The fourth-order valence-corrected chi connectivity index (χ4v) is 3.20. The predicted molar refractivity (Wildman–Crippen MR) is 84.3 cm³/mol. The molecule has 1 aliphatic rings. The van der Waals surface area contributed by atoms with Crippen LogP contribution in [-0.4, -0.2) is 27.1 Å². The zero-order valence-electron chi connectivity index (χ0n) is 12.0. The van der Waals surface area contributed by atoms with Crippen molar-refractivity contribution in [2.75, 3.05) is 13.2 Å². The molecule has 1 heterocycles. The molecule has 6 nitrogen and oxygen atoms in total. The molecule has 1 unspecified atom stereocenters. The second kappa shape index (κ2) is 5.75. The van der Waals surface area contributed by atoms with Crippen molar-refractivity contribution in [2.24, 2.45) is 0 Å². The van der Waals surface area contributed by atoms with Crippen LogP contribution in [0.5, 0.6) is 0 Å². The van der Waals surface area contributed by atoms with Crippen LogP contribution in [0.4, 0.5) is 5.69 Å². The highest BCUT2D eigenvalue weighted by Crippen LogP contribution is 2.38. The minimum absolute atomic E-state index is 0.00826. The first-order valence-corrected chi connectivity index (χ1v) is 8.32. The van der Waals surface area contributed by atoms with Crippen molar-refractivity contribution in [1.29, 1.82) is 0 Å². The highest BCUT2D eigenvalue weighted by molar-refractivity contribution is 9.10. The molecule has 1 aliphatic heterocycles. The van der Waals surface area contributed by atoms with Crippen LogP contribution in [0.15, 0.2) is 22.7 Å². The van der Waals surface area contributed by atoms with E-state index in [1.54, 1.807) is 12.1 Å². The number of halogens is 1. The van der Waals surface area contributed by atoms with Gasteiger partial charge in [0.05, 0.1) is 39.4 Å². The Balaban J connectivity index is 2.42. The summed E-state index contributed by atoms with van der Waals surface area (Å²) >= 11 is 3.24. The molecule has 0 aliphatic carbocycles. The Morgan fingerprint density at radius 2 is 2.05 bits per heavy atom. The van der Waals surface area contributed by atoms with E-state index in [1.165, 1.54) is 6.07 Å². The monoisotopic (exact) mass is 376 g/mol. The first kappa shape index (κ1) is 16.5. The fraction of sp³-hybridized carbons (Fsp3) is 0.538. The molecule has 1 aromatic carbocycles. The molecule has 21 heavy (non-hydrogen) atoms. The lowest BCUT2D eigenvalue weighted by Gasteiger charge is -2.42. The summed E-state index contributed by atoms with van der Waals surface area (Å²) in [7, 11) is -1.35. The number of nitrogens with zero attached hydrogens (tertiary/aromatic N) is 1. The molecule has 116 valence electrons. The number of hydrogen-bond donors (Lipinski definition) is 1. The van der Waals surface area contributed by atoms with Gasteiger partial charge in [-0.2, -0.15) is 0 Å². The van der Waals surface area contributed by atoms with Crippen LogP contribution in [0.3, 0.4) is 0 Å². The summed E-state index contributed by atoms with van der Waals surface area (Å²) in [6.45, 7) is 6.06. The summed E-state index contributed by atoms with van der Waals surface area (Å²) < 4.78 is 20.8. The molecule has 1 N–H and O–H groups in total. The topological polar surface area (TPSA) is 81.5 Å². The van der Waals surface area contributed by atoms with Crippen molar-refractivity contribution in [3.8, 4) is 0 Å². The van der Waals surface area contributed by atoms with Crippen LogP contribution in [0.25, 0.3) is 0 Å². The van der Waals surface area contributed by atoms with Gasteiger partial charge >= 0.3 is 0 Å². The summed E-state index contributed by atoms with van der Waals surface area (Å²) in [5.41, 5.74) is -0.285. The van der Waals surface area contributed by atoms with Crippen molar-refractivity contribution in [1.82, 2.24) is 4.72 Å². The zero-order chi connectivity index (χ0) is 15.8. The molecule has 0 spiro atoms. The van der Waals surface area contributed by atoms with Gasteiger partial charge < -0.3 is 4.74 Å². The third-order valence-corrected chi connectivity index (χ3v) is 5.39. The van der Waals surface area contributed by atoms with Gasteiger partial charge in [0.2, 0.25) is 0 Å². The van der Waals surface area contributed by atoms with Crippen LogP contribution in [0.2, 0.25) is 0 Å². The van der Waals surface area contributed by atoms with E-state index < -0.39 is 26.2 Å². The fourth-order valence-electron chi connectivity index (χ4n) is 1.97. The Morgan fingerprint density at radius 1 is 1.43 bits per heavy atom. The van der Waals surface area contributed by atoms with E-state index >= 15 is 0 Å². The number of ether oxygens (including phenoxy) is 1. The minimum Gasteiger partial charge on any atom is -0.377 e. The van der Waals surface area contributed by atoms with Gasteiger partial charge in [0.1, 0.15) is 5.54 Å². The zero-order valence-corrected chi connectivity index (χ0v) is 14.4. The molecule has 1 saturated heterocycles. The minimum atomic E-state index is -1.35. The highest BCUT2D eigenvalue weighted by atomic mass is 79.9. The van der Waals surface area contributed by atoms with Crippen LogP contribution in [0, 0.1) is 10.1 Å². The number of nitro benzene ring substituents is 1. The lowest BCUT2D eigenvalue weighted by atomic mass is 9.88. The van der Waals surface area contributed by atoms with Gasteiger partial charge in [0.15, 0.2) is 0 Å². The van der Waals surface area contributed by atoms with Crippen molar-refractivity contribution in [3.63, 3.8) is 0 Å². The molecular formula is C13H17BrN2O4S. The Bertz CT molecular complexity index is 596. The quantitative estimate of drug-likeness (QED) is 0.646. The maximum Gasteiger partial charge on any atom is 0.275 e. The summed E-state index contributed by atoms with van der Waals surface area (Å²) in [6, 6.07) is 4.87. The number of hydrogen-bond acceptors (Lipinski definition) is 4. The van der Waals surface area contributed by atoms with E-state index in [0.717, 1.165) is 0 Å². The van der Waals surface area contributed by atoms with Crippen molar-refractivity contribution in [2.45, 2.75) is 31.1 Å².